The molecule has 0 fully saturated rings. The highest BCUT2D eigenvalue weighted by Gasteiger charge is 2.10. The molecule has 0 saturated carbocycles. The van der Waals surface area contributed by atoms with Gasteiger partial charge in [0.15, 0.2) is 5.82 Å². The summed E-state index contributed by atoms with van der Waals surface area (Å²) in [6.07, 6.45) is 1.41. The van der Waals surface area contributed by atoms with E-state index in [1.165, 1.54) is 6.33 Å². The third kappa shape index (κ3) is 3.48. The molecule has 0 aliphatic rings. The molecule has 1 heterocycles. The number of nitrogens with two attached hydrogens (primary N) is 1. The van der Waals surface area contributed by atoms with Gasteiger partial charge >= 0.3 is 0 Å². The molecule has 0 saturated heterocycles. The van der Waals surface area contributed by atoms with Crippen molar-refractivity contribution < 1.29 is 4.74 Å². The minimum absolute atomic E-state index is 0.00660. The Morgan fingerprint density at radius 3 is 2.53 bits per heavy atom. The fraction of sp³-hybridized carbons (Fsp3) is 0.231. The molecule has 0 aliphatic carbocycles. The van der Waals surface area contributed by atoms with Crippen LogP contribution in [-0.2, 0) is 0 Å². The van der Waals surface area contributed by atoms with Crippen molar-refractivity contribution in [2.45, 2.75) is 20.0 Å². The number of hydrogen-bond acceptors (Lipinski definition) is 6. The van der Waals surface area contributed by atoms with Gasteiger partial charge in [-0.25, -0.2) is 4.98 Å². The molecule has 2 aromatic rings. The van der Waals surface area contributed by atoms with E-state index in [4.69, 9.17) is 10.5 Å². The Bertz CT molecular complexity index is 530. The molecule has 100 valence electrons. The van der Waals surface area contributed by atoms with Gasteiger partial charge < -0.3 is 10.5 Å². The highest BCUT2D eigenvalue weighted by Crippen LogP contribution is 2.25. The van der Waals surface area contributed by atoms with Crippen LogP contribution < -0.4 is 21.3 Å². The van der Waals surface area contributed by atoms with Crippen LogP contribution in [0.15, 0.2) is 36.7 Å². The lowest BCUT2D eigenvalue weighted by molar-refractivity contribution is 0.234. The monoisotopic (exact) mass is 259 g/mol. The SMILES string of the molecule is CC(C)Oc1ncnc(NNc2ccccc2)c1N. The van der Waals surface area contributed by atoms with Crippen molar-refractivity contribution in [1.82, 2.24) is 9.97 Å². The molecule has 6 nitrogen and oxygen atoms in total. The van der Waals surface area contributed by atoms with Gasteiger partial charge in [0.1, 0.15) is 12.0 Å². The van der Waals surface area contributed by atoms with E-state index in [1.54, 1.807) is 0 Å². The fourth-order valence-corrected chi connectivity index (χ4v) is 1.45. The summed E-state index contributed by atoms with van der Waals surface area (Å²) >= 11 is 0. The highest BCUT2D eigenvalue weighted by molar-refractivity contribution is 5.68. The minimum atomic E-state index is 0.00660. The zero-order chi connectivity index (χ0) is 13.7. The number of rotatable bonds is 5. The molecule has 4 N–H and O–H groups in total. The summed E-state index contributed by atoms with van der Waals surface area (Å²) in [6, 6.07) is 9.66. The molecule has 19 heavy (non-hydrogen) atoms. The first-order valence-corrected chi connectivity index (χ1v) is 6.01. The topological polar surface area (TPSA) is 85.1 Å². The Morgan fingerprint density at radius 1 is 1.11 bits per heavy atom. The number of hydrazine groups is 1. The van der Waals surface area contributed by atoms with E-state index in [-0.39, 0.29) is 6.10 Å². The predicted octanol–water partition coefficient (Wildman–Crippen LogP) is 2.28. The summed E-state index contributed by atoms with van der Waals surface area (Å²) in [6.45, 7) is 3.83. The van der Waals surface area contributed by atoms with E-state index in [2.05, 4.69) is 20.8 Å². The van der Waals surface area contributed by atoms with Crippen molar-refractivity contribution in [3.63, 3.8) is 0 Å². The zero-order valence-corrected chi connectivity index (χ0v) is 10.9. The van der Waals surface area contributed by atoms with Crippen LogP contribution in [0.3, 0.4) is 0 Å². The van der Waals surface area contributed by atoms with E-state index < -0.39 is 0 Å². The number of para-hydroxylation sites is 1. The Morgan fingerprint density at radius 2 is 1.84 bits per heavy atom. The largest absolute Gasteiger partial charge is 0.473 e. The van der Waals surface area contributed by atoms with Gasteiger partial charge in [0, 0.05) is 0 Å². The van der Waals surface area contributed by atoms with Gasteiger partial charge in [0.25, 0.3) is 0 Å². The van der Waals surface area contributed by atoms with E-state index in [0.29, 0.717) is 17.4 Å². The van der Waals surface area contributed by atoms with Gasteiger partial charge in [0.05, 0.1) is 11.8 Å². The maximum Gasteiger partial charge on any atom is 0.242 e. The molecule has 1 aromatic carbocycles. The second kappa shape index (κ2) is 5.90. The first-order valence-electron chi connectivity index (χ1n) is 6.01. The normalized spacial score (nSPS) is 10.3. The molecule has 0 radical (unpaired) electrons. The Hall–Kier alpha value is -2.50. The molecule has 0 spiro atoms. The number of ether oxygens (including phenoxy) is 1. The molecule has 0 amide bonds. The third-order valence-electron chi connectivity index (χ3n) is 2.29. The Kier molecular flexibility index (Phi) is 4.02. The van der Waals surface area contributed by atoms with Crippen molar-refractivity contribution in [3.8, 4) is 5.88 Å². The smallest absolute Gasteiger partial charge is 0.242 e. The van der Waals surface area contributed by atoms with Gasteiger partial charge in [-0.15, -0.1) is 0 Å². The summed E-state index contributed by atoms with van der Waals surface area (Å²) in [5.74, 6) is 0.858. The summed E-state index contributed by atoms with van der Waals surface area (Å²) < 4.78 is 5.49. The van der Waals surface area contributed by atoms with Gasteiger partial charge in [-0.2, -0.15) is 4.98 Å². The van der Waals surface area contributed by atoms with E-state index in [9.17, 15) is 0 Å². The second-order valence-corrected chi connectivity index (χ2v) is 4.22. The number of nitrogens with one attached hydrogen (secondary N) is 2. The van der Waals surface area contributed by atoms with E-state index in [1.807, 2.05) is 44.2 Å². The maximum atomic E-state index is 5.94. The molecule has 0 atom stereocenters. The van der Waals surface area contributed by atoms with Crippen molar-refractivity contribution in [1.29, 1.82) is 0 Å². The van der Waals surface area contributed by atoms with Gasteiger partial charge in [-0.1, -0.05) is 18.2 Å². The fourth-order valence-electron chi connectivity index (χ4n) is 1.45. The quantitative estimate of drug-likeness (QED) is 0.714. The van der Waals surface area contributed by atoms with E-state index >= 15 is 0 Å². The van der Waals surface area contributed by atoms with Crippen LogP contribution in [0.25, 0.3) is 0 Å². The van der Waals surface area contributed by atoms with Crippen LogP contribution in [-0.4, -0.2) is 16.1 Å². The van der Waals surface area contributed by atoms with Crippen LogP contribution in [0.1, 0.15) is 13.8 Å². The zero-order valence-electron chi connectivity index (χ0n) is 10.9. The maximum absolute atomic E-state index is 5.94. The lowest BCUT2D eigenvalue weighted by Crippen LogP contribution is -2.15. The first kappa shape index (κ1) is 12.9. The van der Waals surface area contributed by atoms with E-state index in [0.717, 1.165) is 5.69 Å². The lowest BCUT2D eigenvalue weighted by Gasteiger charge is -2.14. The molecule has 6 heteroatoms. The molecule has 0 unspecified atom stereocenters. The standard InChI is InChI=1S/C13H17N5O/c1-9(2)19-13-11(14)12(15-8-16-13)18-17-10-6-4-3-5-7-10/h3-9,17H,14H2,1-2H3,(H,15,16,18). The number of benzene rings is 1. The molecule has 0 bridgehead atoms. The van der Waals surface area contributed by atoms with Crippen molar-refractivity contribution >= 4 is 17.2 Å². The highest BCUT2D eigenvalue weighted by atomic mass is 16.5. The van der Waals surface area contributed by atoms with Crippen molar-refractivity contribution in [3.05, 3.63) is 36.7 Å². The van der Waals surface area contributed by atoms with Crippen LogP contribution in [0.2, 0.25) is 0 Å². The summed E-state index contributed by atoms with van der Waals surface area (Å²) in [5.41, 5.74) is 13.2. The van der Waals surface area contributed by atoms with Gasteiger partial charge in [0.2, 0.25) is 5.88 Å². The van der Waals surface area contributed by atoms with Crippen LogP contribution in [0, 0.1) is 0 Å². The van der Waals surface area contributed by atoms with Gasteiger partial charge in [-0.3, -0.25) is 10.9 Å². The Balaban J connectivity index is 2.08. The van der Waals surface area contributed by atoms with Crippen molar-refractivity contribution in [2.75, 3.05) is 16.6 Å². The Labute approximate surface area is 112 Å². The summed E-state index contributed by atoms with van der Waals surface area (Å²) in [5, 5.41) is 0. The molecule has 1 aromatic heterocycles. The first-order chi connectivity index (χ1) is 9.16. The van der Waals surface area contributed by atoms with Crippen LogP contribution in [0.4, 0.5) is 17.2 Å². The molecular formula is C13H17N5O. The average molecular weight is 259 g/mol. The number of anilines is 3. The number of hydrogen-bond donors (Lipinski definition) is 3. The number of nitrogen functional groups attached to an aromatic ring is 1. The predicted molar refractivity (Wildman–Crippen MR) is 75.9 cm³/mol. The third-order valence-corrected chi connectivity index (χ3v) is 2.29. The molecule has 2 rings (SSSR count). The lowest BCUT2D eigenvalue weighted by atomic mass is 10.3. The van der Waals surface area contributed by atoms with Crippen LogP contribution in [0.5, 0.6) is 5.88 Å². The minimum Gasteiger partial charge on any atom is -0.473 e. The summed E-state index contributed by atoms with van der Waals surface area (Å²) in [7, 11) is 0. The summed E-state index contributed by atoms with van der Waals surface area (Å²) in [4.78, 5) is 8.08. The molecule has 0 aliphatic heterocycles. The number of nitrogens with zero attached hydrogens (tertiary/aromatic N) is 2. The van der Waals surface area contributed by atoms with Crippen molar-refractivity contribution in [2.24, 2.45) is 0 Å². The van der Waals surface area contributed by atoms with Crippen LogP contribution >= 0.6 is 0 Å². The second-order valence-electron chi connectivity index (χ2n) is 4.22. The molecular weight excluding hydrogens is 242 g/mol. The van der Waals surface area contributed by atoms with Gasteiger partial charge in [-0.05, 0) is 26.0 Å². The average Bonchev–Trinajstić information content (AvgIpc) is 2.40. The number of aromatic nitrogens is 2.